The van der Waals surface area contributed by atoms with Gasteiger partial charge in [0, 0.05) is 6.42 Å². The average Bonchev–Trinajstić information content (AvgIpc) is 2.33. The van der Waals surface area contributed by atoms with E-state index in [4.69, 9.17) is 4.74 Å². The zero-order valence-electron chi connectivity index (χ0n) is 12.2. The third-order valence-electron chi connectivity index (χ3n) is 3.76. The van der Waals surface area contributed by atoms with Crippen LogP contribution in [0, 0.1) is 5.41 Å². The fourth-order valence-corrected chi connectivity index (χ4v) is 2.59. The average molecular weight is 242 g/mol. The first kappa shape index (κ1) is 16.5. The molecule has 0 fully saturated rings. The zero-order chi connectivity index (χ0) is 13.1. The summed E-state index contributed by atoms with van der Waals surface area (Å²) in [5.74, 6) is -0.0297. The van der Waals surface area contributed by atoms with Crippen LogP contribution in [-0.2, 0) is 9.53 Å². The maximum Gasteiger partial charge on any atom is 0.305 e. The van der Waals surface area contributed by atoms with Crippen molar-refractivity contribution in [1.29, 1.82) is 0 Å². The van der Waals surface area contributed by atoms with E-state index in [0.717, 1.165) is 6.42 Å². The van der Waals surface area contributed by atoms with Gasteiger partial charge < -0.3 is 4.74 Å². The van der Waals surface area contributed by atoms with Crippen LogP contribution in [-0.4, -0.2) is 12.6 Å². The van der Waals surface area contributed by atoms with Gasteiger partial charge in [0.15, 0.2) is 0 Å². The molecule has 0 heterocycles. The highest BCUT2D eigenvalue weighted by molar-refractivity contribution is 5.69. The van der Waals surface area contributed by atoms with Crippen molar-refractivity contribution in [3.05, 3.63) is 0 Å². The molecule has 0 spiro atoms. The highest BCUT2D eigenvalue weighted by atomic mass is 16.5. The van der Waals surface area contributed by atoms with E-state index in [0.29, 0.717) is 18.4 Å². The van der Waals surface area contributed by atoms with E-state index < -0.39 is 0 Å². The highest BCUT2D eigenvalue weighted by Gasteiger charge is 2.27. The van der Waals surface area contributed by atoms with Crippen molar-refractivity contribution in [2.24, 2.45) is 5.41 Å². The number of esters is 1. The molecular weight excluding hydrogens is 212 g/mol. The van der Waals surface area contributed by atoms with Gasteiger partial charge in [0.25, 0.3) is 0 Å². The normalized spacial score (nSPS) is 14.4. The van der Waals surface area contributed by atoms with E-state index in [1.54, 1.807) is 0 Å². The van der Waals surface area contributed by atoms with Gasteiger partial charge in [0.05, 0.1) is 6.61 Å². The standard InChI is InChI=1S/C15H30O2/c1-5-9-12-15(7-3,11-6-2)13-10-14(16)17-8-4/h5-13H2,1-4H3. The number of carbonyl (C=O) groups excluding carboxylic acids is 1. The molecule has 2 heteroatoms. The van der Waals surface area contributed by atoms with Gasteiger partial charge >= 0.3 is 5.97 Å². The zero-order valence-corrected chi connectivity index (χ0v) is 12.2. The summed E-state index contributed by atoms with van der Waals surface area (Å²) in [4.78, 5) is 11.5. The number of hydrogen-bond donors (Lipinski definition) is 0. The number of carbonyl (C=O) groups is 1. The first-order valence-corrected chi connectivity index (χ1v) is 7.29. The highest BCUT2D eigenvalue weighted by Crippen LogP contribution is 2.38. The largest absolute Gasteiger partial charge is 0.466 e. The van der Waals surface area contributed by atoms with Crippen LogP contribution in [0.3, 0.4) is 0 Å². The molecule has 0 radical (unpaired) electrons. The molecule has 17 heavy (non-hydrogen) atoms. The Hall–Kier alpha value is -0.530. The Bertz CT molecular complexity index is 201. The minimum atomic E-state index is -0.0297. The lowest BCUT2D eigenvalue weighted by Gasteiger charge is -2.32. The first-order chi connectivity index (χ1) is 8.14. The molecule has 102 valence electrons. The summed E-state index contributed by atoms with van der Waals surface area (Å²) in [6.45, 7) is 9.10. The predicted octanol–water partition coefficient (Wildman–Crippen LogP) is 4.72. The molecule has 0 saturated heterocycles. The molecule has 0 aromatic carbocycles. The third-order valence-corrected chi connectivity index (χ3v) is 3.76. The van der Waals surface area contributed by atoms with Crippen molar-refractivity contribution < 1.29 is 9.53 Å². The summed E-state index contributed by atoms with van der Waals surface area (Å²) in [5.41, 5.74) is 0.373. The minimum absolute atomic E-state index is 0.0297. The first-order valence-electron chi connectivity index (χ1n) is 7.29. The van der Waals surface area contributed by atoms with Crippen molar-refractivity contribution >= 4 is 5.97 Å². The molecule has 2 nitrogen and oxygen atoms in total. The molecule has 0 bridgehead atoms. The lowest BCUT2D eigenvalue weighted by atomic mass is 9.73. The Morgan fingerprint density at radius 2 is 1.71 bits per heavy atom. The van der Waals surface area contributed by atoms with Gasteiger partial charge in [-0.25, -0.2) is 0 Å². The predicted molar refractivity (Wildman–Crippen MR) is 73.0 cm³/mol. The lowest BCUT2D eigenvalue weighted by Crippen LogP contribution is -2.22. The Kier molecular flexibility index (Phi) is 9.20. The van der Waals surface area contributed by atoms with Gasteiger partial charge in [-0.2, -0.15) is 0 Å². The summed E-state index contributed by atoms with van der Waals surface area (Å²) in [6, 6.07) is 0. The lowest BCUT2D eigenvalue weighted by molar-refractivity contribution is -0.143. The molecule has 0 N–H and O–H groups in total. The summed E-state index contributed by atoms with van der Waals surface area (Å²) >= 11 is 0. The quantitative estimate of drug-likeness (QED) is 0.518. The summed E-state index contributed by atoms with van der Waals surface area (Å²) in [6.07, 6.45) is 8.99. The van der Waals surface area contributed by atoms with E-state index in [-0.39, 0.29) is 5.97 Å². The van der Waals surface area contributed by atoms with Crippen LogP contribution < -0.4 is 0 Å². The van der Waals surface area contributed by atoms with Crippen molar-refractivity contribution in [1.82, 2.24) is 0 Å². The SMILES string of the molecule is CCCCC(CC)(CCC)CCC(=O)OCC. The van der Waals surface area contributed by atoms with E-state index >= 15 is 0 Å². The van der Waals surface area contributed by atoms with E-state index in [2.05, 4.69) is 20.8 Å². The Labute approximate surface area is 107 Å². The molecule has 0 aliphatic rings. The third kappa shape index (κ3) is 6.70. The summed E-state index contributed by atoms with van der Waals surface area (Å²) in [7, 11) is 0. The minimum Gasteiger partial charge on any atom is -0.466 e. The van der Waals surface area contributed by atoms with E-state index in [9.17, 15) is 4.79 Å². The topological polar surface area (TPSA) is 26.3 Å². The Balaban J connectivity index is 4.29. The molecular formula is C15H30O2. The fourth-order valence-electron chi connectivity index (χ4n) is 2.59. The number of unbranched alkanes of at least 4 members (excludes halogenated alkanes) is 1. The second-order valence-electron chi connectivity index (χ2n) is 5.01. The van der Waals surface area contributed by atoms with Crippen LogP contribution in [0.4, 0.5) is 0 Å². The van der Waals surface area contributed by atoms with Crippen LogP contribution >= 0.6 is 0 Å². The molecule has 1 unspecified atom stereocenters. The summed E-state index contributed by atoms with van der Waals surface area (Å²) < 4.78 is 5.03. The van der Waals surface area contributed by atoms with Crippen molar-refractivity contribution in [2.45, 2.75) is 79.1 Å². The van der Waals surface area contributed by atoms with Crippen molar-refractivity contribution in [3.63, 3.8) is 0 Å². The second kappa shape index (κ2) is 9.49. The Morgan fingerprint density at radius 1 is 1.00 bits per heavy atom. The van der Waals surface area contributed by atoms with Gasteiger partial charge in [0.2, 0.25) is 0 Å². The molecule has 0 rings (SSSR count). The van der Waals surface area contributed by atoms with Gasteiger partial charge in [-0.15, -0.1) is 0 Å². The second-order valence-corrected chi connectivity index (χ2v) is 5.01. The van der Waals surface area contributed by atoms with E-state index in [1.165, 1.54) is 38.5 Å². The number of ether oxygens (including phenoxy) is 1. The monoisotopic (exact) mass is 242 g/mol. The molecule has 0 aliphatic heterocycles. The van der Waals surface area contributed by atoms with Crippen molar-refractivity contribution in [3.8, 4) is 0 Å². The maximum absolute atomic E-state index is 11.5. The molecule has 0 aliphatic carbocycles. The fraction of sp³-hybridized carbons (Fsp3) is 0.933. The molecule has 0 amide bonds. The molecule has 1 atom stereocenters. The molecule has 0 saturated carbocycles. The van der Waals surface area contributed by atoms with Gasteiger partial charge in [-0.3, -0.25) is 4.79 Å². The molecule has 0 aromatic rings. The van der Waals surface area contributed by atoms with Crippen LogP contribution in [0.2, 0.25) is 0 Å². The smallest absolute Gasteiger partial charge is 0.305 e. The van der Waals surface area contributed by atoms with Gasteiger partial charge in [0.1, 0.15) is 0 Å². The molecule has 0 aromatic heterocycles. The van der Waals surface area contributed by atoms with Gasteiger partial charge in [-0.05, 0) is 31.6 Å². The van der Waals surface area contributed by atoms with Crippen molar-refractivity contribution in [2.75, 3.05) is 6.61 Å². The number of rotatable bonds is 10. The van der Waals surface area contributed by atoms with Crippen LogP contribution in [0.5, 0.6) is 0 Å². The van der Waals surface area contributed by atoms with Gasteiger partial charge in [-0.1, -0.05) is 46.5 Å². The van der Waals surface area contributed by atoms with Crippen LogP contribution in [0.15, 0.2) is 0 Å². The Morgan fingerprint density at radius 3 is 2.18 bits per heavy atom. The number of hydrogen-bond acceptors (Lipinski definition) is 2. The van der Waals surface area contributed by atoms with Crippen LogP contribution in [0.1, 0.15) is 79.1 Å². The van der Waals surface area contributed by atoms with Crippen LogP contribution in [0.25, 0.3) is 0 Å². The summed E-state index contributed by atoms with van der Waals surface area (Å²) in [5, 5.41) is 0. The van der Waals surface area contributed by atoms with E-state index in [1.807, 2.05) is 6.92 Å². The maximum atomic E-state index is 11.5.